The molecule has 0 amide bonds. The molecule has 0 aliphatic carbocycles. The van der Waals surface area contributed by atoms with Crippen LogP contribution in [0.5, 0.6) is 0 Å². The predicted octanol–water partition coefficient (Wildman–Crippen LogP) is 3.85. The lowest BCUT2D eigenvalue weighted by Gasteiger charge is -2.35. The molecular weight excluding hydrogens is 262 g/mol. The molecule has 0 radical (unpaired) electrons. The zero-order valence-electron chi connectivity index (χ0n) is 11.3. The van der Waals surface area contributed by atoms with Crippen molar-refractivity contribution >= 4 is 28.3 Å². The van der Waals surface area contributed by atoms with Crippen LogP contribution in [0.3, 0.4) is 0 Å². The Labute approximate surface area is 118 Å². The van der Waals surface area contributed by atoms with E-state index in [1.165, 1.54) is 6.42 Å². The second-order valence-corrected chi connectivity index (χ2v) is 6.88. The molecule has 0 saturated carbocycles. The summed E-state index contributed by atoms with van der Waals surface area (Å²) in [5.74, 6) is 1.16. The van der Waals surface area contributed by atoms with Crippen molar-refractivity contribution in [1.82, 2.24) is 10.3 Å². The van der Waals surface area contributed by atoms with Crippen molar-refractivity contribution in [2.75, 3.05) is 5.75 Å². The number of thioether (sulfide) groups is 1. The Morgan fingerprint density at radius 1 is 1.56 bits per heavy atom. The topological polar surface area (TPSA) is 37.3 Å². The quantitative estimate of drug-likeness (QED) is 0.912. The minimum atomic E-state index is 0.208. The summed E-state index contributed by atoms with van der Waals surface area (Å²) in [4.78, 5) is 9.24. The van der Waals surface area contributed by atoms with Gasteiger partial charge in [-0.1, -0.05) is 25.6 Å². The van der Waals surface area contributed by atoms with Gasteiger partial charge >= 0.3 is 0 Å². The summed E-state index contributed by atoms with van der Waals surface area (Å²) in [6.45, 7) is 6.69. The van der Waals surface area contributed by atoms with Crippen LogP contribution in [0.4, 0.5) is 0 Å². The second-order valence-electron chi connectivity index (χ2n) is 4.87. The highest BCUT2D eigenvalue weighted by atomic mass is 32.2. The average molecular weight is 283 g/mol. The Hall–Kier alpha value is -0.550. The van der Waals surface area contributed by atoms with Gasteiger partial charge in [0.2, 0.25) is 0 Å². The summed E-state index contributed by atoms with van der Waals surface area (Å²) in [7, 11) is 0. The molecule has 1 aliphatic heterocycles. The van der Waals surface area contributed by atoms with E-state index in [0.717, 1.165) is 28.8 Å². The molecule has 2 atom stereocenters. The van der Waals surface area contributed by atoms with Gasteiger partial charge in [0.25, 0.3) is 0 Å². The summed E-state index contributed by atoms with van der Waals surface area (Å²) < 4.78 is 0. The molecule has 2 rings (SSSR count). The lowest BCUT2D eigenvalue weighted by molar-refractivity contribution is 0.389. The van der Waals surface area contributed by atoms with Gasteiger partial charge in [-0.2, -0.15) is 0 Å². The summed E-state index contributed by atoms with van der Waals surface area (Å²) in [5, 5.41) is 7.83. The van der Waals surface area contributed by atoms with Crippen molar-refractivity contribution < 1.29 is 0 Å². The van der Waals surface area contributed by atoms with Crippen molar-refractivity contribution in [3.05, 3.63) is 16.6 Å². The third-order valence-electron chi connectivity index (χ3n) is 3.48. The van der Waals surface area contributed by atoms with Gasteiger partial charge in [0.1, 0.15) is 11.0 Å². The Kier molecular flexibility index (Phi) is 4.67. The standard InChI is InChI=1S/C13H21N3S2/c1-4-10(11-14-7-9-17-11)15-12-16-13(3,5-2)6-8-18-12/h7,9-10H,4-6,8H2,1-3H3,(H,15,16). The first-order valence-electron chi connectivity index (χ1n) is 6.55. The molecule has 0 aromatic carbocycles. The van der Waals surface area contributed by atoms with E-state index < -0.39 is 0 Å². The monoisotopic (exact) mass is 283 g/mol. The molecule has 1 aromatic heterocycles. The maximum Gasteiger partial charge on any atom is 0.157 e. The third kappa shape index (κ3) is 3.26. The molecule has 0 bridgehead atoms. The van der Waals surface area contributed by atoms with Gasteiger partial charge in [-0.05, 0) is 26.2 Å². The van der Waals surface area contributed by atoms with Crippen LogP contribution in [-0.4, -0.2) is 21.4 Å². The number of nitrogens with zero attached hydrogens (tertiary/aromatic N) is 2. The number of aromatic nitrogens is 1. The van der Waals surface area contributed by atoms with E-state index in [1.807, 2.05) is 23.3 Å². The van der Waals surface area contributed by atoms with E-state index in [2.05, 4.69) is 31.1 Å². The van der Waals surface area contributed by atoms with Gasteiger partial charge in [-0.15, -0.1) is 11.3 Å². The molecule has 5 heteroatoms. The van der Waals surface area contributed by atoms with Gasteiger partial charge in [0, 0.05) is 22.9 Å². The smallest absolute Gasteiger partial charge is 0.157 e. The predicted molar refractivity (Wildman–Crippen MR) is 81.5 cm³/mol. The first kappa shape index (κ1) is 13.9. The molecule has 2 heterocycles. The molecule has 1 N–H and O–H groups in total. The van der Waals surface area contributed by atoms with Crippen LogP contribution in [-0.2, 0) is 0 Å². The lowest BCUT2D eigenvalue weighted by Crippen LogP contribution is -2.48. The molecular formula is C13H21N3S2. The molecule has 3 nitrogen and oxygen atoms in total. The highest BCUT2D eigenvalue weighted by Crippen LogP contribution is 2.29. The summed E-state index contributed by atoms with van der Waals surface area (Å²) in [6.07, 6.45) is 5.21. The first-order chi connectivity index (χ1) is 8.67. The van der Waals surface area contributed by atoms with E-state index >= 15 is 0 Å². The Morgan fingerprint density at radius 2 is 2.39 bits per heavy atom. The van der Waals surface area contributed by atoms with E-state index in [1.54, 1.807) is 11.3 Å². The zero-order chi connectivity index (χ0) is 13.0. The number of rotatable bonds is 4. The first-order valence-corrected chi connectivity index (χ1v) is 8.41. The number of thiazole rings is 1. The number of nitrogens with one attached hydrogen (secondary N) is 1. The van der Waals surface area contributed by atoms with E-state index in [0.29, 0.717) is 0 Å². The molecule has 1 fully saturated rings. The van der Waals surface area contributed by atoms with Crippen LogP contribution >= 0.6 is 23.1 Å². The number of hydrogen-bond acceptors (Lipinski definition) is 4. The molecule has 0 spiro atoms. The molecule has 100 valence electrons. The van der Waals surface area contributed by atoms with E-state index in [-0.39, 0.29) is 11.6 Å². The Morgan fingerprint density at radius 3 is 3.00 bits per heavy atom. The summed E-state index contributed by atoms with van der Waals surface area (Å²) >= 11 is 3.53. The zero-order valence-corrected chi connectivity index (χ0v) is 12.9. The number of aliphatic imine (C=N–C) groups is 1. The molecule has 1 saturated heterocycles. The van der Waals surface area contributed by atoms with Crippen molar-refractivity contribution in [2.45, 2.75) is 51.6 Å². The Balaban J connectivity index is 2.11. The van der Waals surface area contributed by atoms with Crippen LogP contribution in [0.2, 0.25) is 0 Å². The van der Waals surface area contributed by atoms with Crippen molar-refractivity contribution in [3.8, 4) is 0 Å². The summed E-state index contributed by atoms with van der Waals surface area (Å²) in [5.41, 5.74) is 0.214. The van der Waals surface area contributed by atoms with Gasteiger partial charge in [-0.3, -0.25) is 4.99 Å². The number of hydrogen-bond donors (Lipinski definition) is 1. The highest BCUT2D eigenvalue weighted by molar-refractivity contribution is 8.13. The average Bonchev–Trinajstić information content (AvgIpc) is 2.90. The SMILES string of the molecule is CCC(N=C1NC(C)(CC)CCS1)c1nccs1. The lowest BCUT2D eigenvalue weighted by atomic mass is 9.96. The van der Waals surface area contributed by atoms with Gasteiger partial charge in [0.15, 0.2) is 5.17 Å². The van der Waals surface area contributed by atoms with Gasteiger partial charge in [-0.25, -0.2) is 4.98 Å². The van der Waals surface area contributed by atoms with Crippen LogP contribution in [0.15, 0.2) is 16.6 Å². The molecule has 2 unspecified atom stereocenters. The minimum absolute atomic E-state index is 0.208. The largest absolute Gasteiger partial charge is 0.360 e. The van der Waals surface area contributed by atoms with Crippen LogP contribution < -0.4 is 5.32 Å². The molecule has 1 aliphatic rings. The van der Waals surface area contributed by atoms with Crippen LogP contribution in [0.25, 0.3) is 0 Å². The molecule has 18 heavy (non-hydrogen) atoms. The van der Waals surface area contributed by atoms with Gasteiger partial charge in [0.05, 0.1) is 0 Å². The van der Waals surface area contributed by atoms with Crippen LogP contribution in [0, 0.1) is 0 Å². The van der Waals surface area contributed by atoms with Gasteiger partial charge < -0.3 is 5.32 Å². The van der Waals surface area contributed by atoms with Crippen molar-refractivity contribution in [2.24, 2.45) is 4.99 Å². The van der Waals surface area contributed by atoms with Crippen molar-refractivity contribution in [3.63, 3.8) is 0 Å². The fourth-order valence-electron chi connectivity index (χ4n) is 1.93. The fourth-order valence-corrected chi connectivity index (χ4v) is 3.95. The maximum absolute atomic E-state index is 4.86. The highest BCUT2D eigenvalue weighted by Gasteiger charge is 2.28. The van der Waals surface area contributed by atoms with E-state index in [9.17, 15) is 0 Å². The fraction of sp³-hybridized carbons (Fsp3) is 0.692. The normalized spacial score (nSPS) is 28.1. The third-order valence-corrected chi connectivity index (χ3v) is 5.24. The Bertz CT molecular complexity index is 402. The van der Waals surface area contributed by atoms with E-state index in [4.69, 9.17) is 4.99 Å². The number of amidine groups is 1. The molecule has 1 aromatic rings. The second kappa shape index (κ2) is 6.06. The van der Waals surface area contributed by atoms with Crippen molar-refractivity contribution in [1.29, 1.82) is 0 Å². The van der Waals surface area contributed by atoms with Crippen LogP contribution in [0.1, 0.15) is 51.1 Å². The minimum Gasteiger partial charge on any atom is -0.360 e. The summed E-state index contributed by atoms with van der Waals surface area (Å²) in [6, 6.07) is 0.208. The maximum atomic E-state index is 4.86.